The van der Waals surface area contributed by atoms with Crippen molar-refractivity contribution in [2.45, 2.75) is 25.9 Å². The van der Waals surface area contributed by atoms with Crippen LogP contribution < -0.4 is 5.32 Å². The summed E-state index contributed by atoms with van der Waals surface area (Å²) in [6.07, 6.45) is 4.91. The molecular weight excluding hydrogens is 188 g/mol. The number of nitrogens with zero attached hydrogens (tertiary/aromatic N) is 3. The minimum Gasteiger partial charge on any atom is -0.337 e. The highest BCUT2D eigenvalue weighted by Crippen LogP contribution is 1.98. The van der Waals surface area contributed by atoms with Crippen molar-refractivity contribution < 1.29 is 0 Å². The zero-order valence-corrected chi connectivity index (χ0v) is 10.2. The van der Waals surface area contributed by atoms with Gasteiger partial charge in [0.25, 0.3) is 0 Å². The van der Waals surface area contributed by atoms with E-state index in [-0.39, 0.29) is 0 Å². The number of aromatic nitrogens is 2. The molecule has 0 aliphatic rings. The van der Waals surface area contributed by atoms with E-state index in [0.717, 1.165) is 13.1 Å². The van der Waals surface area contributed by atoms with Crippen molar-refractivity contribution in [3.63, 3.8) is 0 Å². The maximum Gasteiger partial charge on any atom is 0.0945 e. The first-order chi connectivity index (χ1) is 7.09. The number of hydrogen-bond donors (Lipinski definition) is 1. The standard InChI is InChI=1S/C11H22N4/c1-10(5-6-14(2)3)13-8-11-7-12-9-15(11)4/h7,9-10,13H,5-6,8H2,1-4H3. The van der Waals surface area contributed by atoms with E-state index in [9.17, 15) is 0 Å². The molecule has 1 aromatic rings. The van der Waals surface area contributed by atoms with Crippen molar-refractivity contribution in [1.29, 1.82) is 0 Å². The lowest BCUT2D eigenvalue weighted by atomic mass is 10.2. The van der Waals surface area contributed by atoms with Gasteiger partial charge in [0.05, 0.1) is 12.0 Å². The third kappa shape index (κ3) is 4.44. The molecule has 0 aliphatic heterocycles. The van der Waals surface area contributed by atoms with E-state index < -0.39 is 0 Å². The minimum absolute atomic E-state index is 0.544. The third-order valence-corrected chi connectivity index (χ3v) is 2.56. The van der Waals surface area contributed by atoms with Crippen molar-refractivity contribution in [1.82, 2.24) is 19.8 Å². The van der Waals surface area contributed by atoms with Gasteiger partial charge >= 0.3 is 0 Å². The van der Waals surface area contributed by atoms with Gasteiger partial charge in [0.1, 0.15) is 0 Å². The molecule has 0 bridgehead atoms. The SMILES string of the molecule is CC(CCN(C)C)NCc1cncn1C. The molecule has 0 saturated carbocycles. The van der Waals surface area contributed by atoms with Crippen LogP contribution in [0.3, 0.4) is 0 Å². The summed E-state index contributed by atoms with van der Waals surface area (Å²) in [5, 5.41) is 3.49. The van der Waals surface area contributed by atoms with Crippen LogP contribution in [0.2, 0.25) is 0 Å². The maximum absolute atomic E-state index is 4.09. The zero-order chi connectivity index (χ0) is 11.3. The molecule has 0 amide bonds. The fraction of sp³-hybridized carbons (Fsp3) is 0.727. The summed E-state index contributed by atoms with van der Waals surface area (Å²) < 4.78 is 2.05. The van der Waals surface area contributed by atoms with Crippen LogP contribution in [-0.2, 0) is 13.6 Å². The summed E-state index contributed by atoms with van der Waals surface area (Å²) in [4.78, 5) is 6.30. The van der Waals surface area contributed by atoms with E-state index in [1.807, 2.05) is 24.1 Å². The number of hydrogen-bond acceptors (Lipinski definition) is 3. The summed E-state index contributed by atoms with van der Waals surface area (Å²) in [5.74, 6) is 0. The molecule has 0 spiro atoms. The average Bonchev–Trinajstić information content (AvgIpc) is 2.58. The van der Waals surface area contributed by atoms with E-state index in [1.54, 1.807) is 0 Å². The van der Waals surface area contributed by atoms with Crippen molar-refractivity contribution in [2.75, 3.05) is 20.6 Å². The third-order valence-electron chi connectivity index (χ3n) is 2.56. The van der Waals surface area contributed by atoms with Crippen molar-refractivity contribution in [3.8, 4) is 0 Å². The van der Waals surface area contributed by atoms with Gasteiger partial charge in [-0.1, -0.05) is 0 Å². The number of imidazole rings is 1. The largest absolute Gasteiger partial charge is 0.337 e. The summed E-state index contributed by atoms with van der Waals surface area (Å²) in [6.45, 7) is 4.24. The predicted octanol–water partition coefficient (Wildman–Crippen LogP) is 0.850. The quantitative estimate of drug-likeness (QED) is 0.755. The van der Waals surface area contributed by atoms with Gasteiger partial charge in [-0.05, 0) is 34.0 Å². The van der Waals surface area contributed by atoms with E-state index in [4.69, 9.17) is 0 Å². The van der Waals surface area contributed by atoms with Crippen LogP contribution in [0, 0.1) is 0 Å². The molecule has 0 radical (unpaired) electrons. The van der Waals surface area contributed by atoms with E-state index in [1.165, 1.54) is 12.1 Å². The molecule has 1 heterocycles. The molecule has 0 aromatic carbocycles. The summed E-state index contributed by atoms with van der Waals surface area (Å²) in [5.41, 5.74) is 1.23. The van der Waals surface area contributed by atoms with Crippen molar-refractivity contribution >= 4 is 0 Å². The molecule has 1 atom stereocenters. The first kappa shape index (κ1) is 12.2. The molecule has 1 rings (SSSR count). The van der Waals surface area contributed by atoms with Crippen molar-refractivity contribution in [3.05, 3.63) is 18.2 Å². The second kappa shape index (κ2) is 5.88. The van der Waals surface area contributed by atoms with Gasteiger partial charge in [0, 0.05) is 25.8 Å². The summed E-state index contributed by atoms with van der Waals surface area (Å²) >= 11 is 0. The van der Waals surface area contributed by atoms with Crippen LogP contribution in [0.15, 0.2) is 12.5 Å². The minimum atomic E-state index is 0.544. The molecule has 0 aliphatic carbocycles. The van der Waals surface area contributed by atoms with Crippen LogP contribution in [0.4, 0.5) is 0 Å². The van der Waals surface area contributed by atoms with Crippen LogP contribution >= 0.6 is 0 Å². The molecular formula is C11H22N4. The molecule has 4 heteroatoms. The normalized spacial score (nSPS) is 13.4. The van der Waals surface area contributed by atoms with Crippen molar-refractivity contribution in [2.24, 2.45) is 7.05 Å². The van der Waals surface area contributed by atoms with Gasteiger partial charge in [-0.25, -0.2) is 4.98 Å². The fourth-order valence-corrected chi connectivity index (χ4v) is 1.39. The van der Waals surface area contributed by atoms with Gasteiger partial charge in [0.15, 0.2) is 0 Å². The Morgan fingerprint density at radius 1 is 1.53 bits per heavy atom. The molecule has 0 saturated heterocycles. The Morgan fingerprint density at radius 2 is 2.27 bits per heavy atom. The highest BCUT2D eigenvalue weighted by atomic mass is 15.1. The van der Waals surface area contributed by atoms with Crippen LogP contribution in [0.25, 0.3) is 0 Å². The fourth-order valence-electron chi connectivity index (χ4n) is 1.39. The predicted molar refractivity (Wildman–Crippen MR) is 62.7 cm³/mol. The zero-order valence-electron chi connectivity index (χ0n) is 10.2. The van der Waals surface area contributed by atoms with Crippen LogP contribution in [0.5, 0.6) is 0 Å². The molecule has 1 N–H and O–H groups in total. The van der Waals surface area contributed by atoms with E-state index in [0.29, 0.717) is 6.04 Å². The first-order valence-corrected chi connectivity index (χ1v) is 5.43. The Balaban J connectivity index is 2.22. The molecule has 86 valence electrons. The number of aryl methyl sites for hydroxylation is 1. The highest BCUT2D eigenvalue weighted by molar-refractivity contribution is 4.96. The smallest absolute Gasteiger partial charge is 0.0945 e. The van der Waals surface area contributed by atoms with E-state index >= 15 is 0 Å². The Morgan fingerprint density at radius 3 is 2.80 bits per heavy atom. The molecule has 15 heavy (non-hydrogen) atoms. The maximum atomic E-state index is 4.09. The Hall–Kier alpha value is -0.870. The Bertz CT molecular complexity index is 280. The highest BCUT2D eigenvalue weighted by Gasteiger charge is 2.03. The van der Waals surface area contributed by atoms with Crippen LogP contribution in [-0.4, -0.2) is 41.1 Å². The summed E-state index contributed by atoms with van der Waals surface area (Å²) in [7, 11) is 6.23. The molecule has 1 unspecified atom stereocenters. The van der Waals surface area contributed by atoms with Gasteiger partial charge < -0.3 is 14.8 Å². The monoisotopic (exact) mass is 210 g/mol. The lowest BCUT2D eigenvalue weighted by Gasteiger charge is -2.16. The second-order valence-corrected chi connectivity index (χ2v) is 4.37. The average molecular weight is 210 g/mol. The summed E-state index contributed by atoms with van der Waals surface area (Å²) in [6, 6.07) is 0.544. The molecule has 1 aromatic heterocycles. The van der Waals surface area contributed by atoms with Gasteiger partial charge in [-0.15, -0.1) is 0 Å². The van der Waals surface area contributed by atoms with Gasteiger partial charge in [0.2, 0.25) is 0 Å². The Kier molecular flexibility index (Phi) is 4.78. The Labute approximate surface area is 92.3 Å². The number of nitrogens with one attached hydrogen (secondary N) is 1. The van der Waals surface area contributed by atoms with Gasteiger partial charge in [-0.2, -0.15) is 0 Å². The number of rotatable bonds is 6. The topological polar surface area (TPSA) is 33.1 Å². The van der Waals surface area contributed by atoms with Gasteiger partial charge in [-0.3, -0.25) is 0 Å². The molecule has 0 fully saturated rings. The molecule has 4 nitrogen and oxygen atoms in total. The van der Waals surface area contributed by atoms with Crippen LogP contribution in [0.1, 0.15) is 19.0 Å². The first-order valence-electron chi connectivity index (χ1n) is 5.43. The lowest BCUT2D eigenvalue weighted by Crippen LogP contribution is -2.29. The lowest BCUT2D eigenvalue weighted by molar-refractivity contribution is 0.364. The van der Waals surface area contributed by atoms with E-state index in [2.05, 4.69) is 36.2 Å². The second-order valence-electron chi connectivity index (χ2n) is 4.37.